The van der Waals surface area contributed by atoms with Crippen molar-refractivity contribution in [3.8, 4) is 5.75 Å². The van der Waals surface area contributed by atoms with Gasteiger partial charge in [-0.15, -0.1) is 0 Å². The molecule has 0 bridgehead atoms. The fourth-order valence-electron chi connectivity index (χ4n) is 3.04. The van der Waals surface area contributed by atoms with Crippen molar-refractivity contribution in [2.75, 3.05) is 18.5 Å². The number of nitrogens with one attached hydrogen (secondary N) is 1. The monoisotopic (exact) mass is 324 g/mol. The first-order valence-corrected chi connectivity index (χ1v) is 7.78. The molecule has 0 spiro atoms. The Hall–Kier alpha value is -3.09. The van der Waals surface area contributed by atoms with Crippen molar-refractivity contribution < 1.29 is 9.66 Å². The summed E-state index contributed by atoms with van der Waals surface area (Å²) < 4.78 is 7.24. The van der Waals surface area contributed by atoms with Crippen LogP contribution < -0.4 is 10.1 Å². The Labute approximate surface area is 138 Å². The Morgan fingerprint density at radius 1 is 1.29 bits per heavy atom. The van der Waals surface area contributed by atoms with Gasteiger partial charge in [-0.25, -0.2) is 0 Å². The van der Waals surface area contributed by atoms with Gasteiger partial charge >= 0.3 is 5.82 Å². The van der Waals surface area contributed by atoms with Crippen LogP contribution in [0.25, 0.3) is 5.65 Å². The van der Waals surface area contributed by atoms with Crippen molar-refractivity contribution in [1.29, 1.82) is 0 Å². The van der Waals surface area contributed by atoms with Crippen LogP contribution in [0.2, 0.25) is 0 Å². The Morgan fingerprint density at radius 2 is 2.12 bits per heavy atom. The molecular weight excluding hydrogens is 308 g/mol. The van der Waals surface area contributed by atoms with E-state index in [0.717, 1.165) is 12.2 Å². The molecule has 0 radical (unpaired) electrons. The first kappa shape index (κ1) is 14.5. The van der Waals surface area contributed by atoms with Crippen molar-refractivity contribution in [3.05, 3.63) is 64.3 Å². The maximum Gasteiger partial charge on any atom is 0.372 e. The molecule has 7 heteroatoms. The third kappa shape index (κ3) is 2.54. The SMILES string of the molecule is O=[N+]([O-])c1c(NCC2COc3ccccc3C2)nc2ccccn12. The number of nitro groups is 1. The molecule has 0 aliphatic carbocycles. The number of aromatic nitrogens is 2. The quantitative estimate of drug-likeness (QED) is 0.589. The smallest absolute Gasteiger partial charge is 0.372 e. The van der Waals surface area contributed by atoms with E-state index in [2.05, 4.69) is 16.4 Å². The molecule has 122 valence electrons. The number of hydrogen-bond acceptors (Lipinski definition) is 5. The van der Waals surface area contributed by atoms with Gasteiger partial charge < -0.3 is 20.2 Å². The summed E-state index contributed by atoms with van der Waals surface area (Å²) in [6.45, 7) is 1.16. The molecule has 3 aromatic rings. The number of para-hydroxylation sites is 1. The average molecular weight is 324 g/mol. The van der Waals surface area contributed by atoms with E-state index in [0.29, 0.717) is 24.6 Å². The van der Waals surface area contributed by atoms with E-state index in [-0.39, 0.29) is 11.7 Å². The molecule has 7 nitrogen and oxygen atoms in total. The van der Waals surface area contributed by atoms with E-state index in [1.54, 1.807) is 18.3 Å². The highest BCUT2D eigenvalue weighted by Crippen LogP contribution is 2.29. The zero-order chi connectivity index (χ0) is 16.5. The zero-order valence-electron chi connectivity index (χ0n) is 12.9. The normalized spacial score (nSPS) is 16.4. The number of imidazole rings is 1. The van der Waals surface area contributed by atoms with E-state index in [9.17, 15) is 10.1 Å². The van der Waals surface area contributed by atoms with E-state index < -0.39 is 4.92 Å². The largest absolute Gasteiger partial charge is 0.493 e. The average Bonchev–Trinajstić information content (AvgIpc) is 2.98. The van der Waals surface area contributed by atoms with Crippen LogP contribution in [0.4, 0.5) is 11.6 Å². The third-order valence-corrected chi connectivity index (χ3v) is 4.19. The highest BCUT2D eigenvalue weighted by atomic mass is 16.6. The van der Waals surface area contributed by atoms with Crippen LogP contribution in [-0.4, -0.2) is 27.5 Å². The second-order valence-corrected chi connectivity index (χ2v) is 5.84. The summed E-state index contributed by atoms with van der Waals surface area (Å²) in [6.07, 6.45) is 2.52. The van der Waals surface area contributed by atoms with Crippen LogP contribution in [-0.2, 0) is 6.42 Å². The van der Waals surface area contributed by atoms with Crippen molar-refractivity contribution in [2.24, 2.45) is 5.92 Å². The molecule has 0 saturated carbocycles. The predicted octanol–water partition coefficient (Wildman–Crippen LogP) is 2.91. The number of anilines is 1. The second kappa shape index (κ2) is 5.84. The lowest BCUT2D eigenvalue weighted by molar-refractivity contribution is -0.389. The highest BCUT2D eigenvalue weighted by Gasteiger charge is 2.24. The molecule has 4 rings (SSSR count). The fourth-order valence-corrected chi connectivity index (χ4v) is 3.04. The van der Waals surface area contributed by atoms with Crippen molar-refractivity contribution >= 4 is 17.3 Å². The number of hydrogen-bond donors (Lipinski definition) is 1. The van der Waals surface area contributed by atoms with Crippen LogP contribution in [0.15, 0.2) is 48.7 Å². The molecule has 0 saturated heterocycles. The first-order chi connectivity index (χ1) is 11.7. The first-order valence-electron chi connectivity index (χ1n) is 7.78. The summed E-state index contributed by atoms with van der Waals surface area (Å²) in [6, 6.07) is 13.3. The summed E-state index contributed by atoms with van der Waals surface area (Å²) in [5, 5.41) is 14.5. The molecule has 24 heavy (non-hydrogen) atoms. The van der Waals surface area contributed by atoms with Gasteiger partial charge in [-0.3, -0.25) is 0 Å². The van der Waals surface area contributed by atoms with Crippen LogP contribution in [0.5, 0.6) is 5.75 Å². The summed E-state index contributed by atoms with van der Waals surface area (Å²) in [7, 11) is 0. The Balaban J connectivity index is 1.53. The van der Waals surface area contributed by atoms with Gasteiger partial charge in [-0.2, -0.15) is 9.38 Å². The maximum absolute atomic E-state index is 11.4. The van der Waals surface area contributed by atoms with Crippen molar-refractivity contribution in [3.63, 3.8) is 0 Å². The third-order valence-electron chi connectivity index (χ3n) is 4.19. The Kier molecular flexibility index (Phi) is 3.53. The lowest BCUT2D eigenvalue weighted by Gasteiger charge is -2.25. The van der Waals surface area contributed by atoms with E-state index >= 15 is 0 Å². The van der Waals surface area contributed by atoms with E-state index in [1.165, 1.54) is 9.96 Å². The standard InChI is InChI=1S/C17H16N4O3/c22-21(23)17-16(19-15-7-3-4-8-20(15)17)18-10-12-9-13-5-1-2-6-14(13)24-11-12/h1-8,12,18H,9-11H2. The Bertz CT molecular complexity index is 906. The van der Waals surface area contributed by atoms with E-state index in [4.69, 9.17) is 4.74 Å². The van der Waals surface area contributed by atoms with Gasteiger partial charge in [0.05, 0.1) is 12.8 Å². The number of ether oxygens (including phenoxy) is 1. The molecule has 1 aromatic carbocycles. The minimum atomic E-state index is -0.408. The number of pyridine rings is 1. The zero-order valence-corrected chi connectivity index (χ0v) is 12.9. The van der Waals surface area contributed by atoms with Gasteiger partial charge in [0, 0.05) is 18.5 Å². The number of rotatable bonds is 4. The summed E-state index contributed by atoms with van der Waals surface area (Å²) in [5.41, 5.74) is 1.72. The molecule has 2 aromatic heterocycles. The number of benzene rings is 1. The molecule has 3 heterocycles. The minimum Gasteiger partial charge on any atom is -0.493 e. The second-order valence-electron chi connectivity index (χ2n) is 5.84. The lowest BCUT2D eigenvalue weighted by atomic mass is 9.97. The minimum absolute atomic E-state index is 0.0391. The molecule has 1 aliphatic rings. The molecule has 1 unspecified atom stereocenters. The van der Waals surface area contributed by atoms with Crippen LogP contribution in [0.1, 0.15) is 5.56 Å². The molecule has 1 N–H and O–H groups in total. The number of fused-ring (bicyclic) bond motifs is 2. The molecule has 0 fully saturated rings. The highest BCUT2D eigenvalue weighted by molar-refractivity contribution is 5.62. The van der Waals surface area contributed by atoms with Crippen LogP contribution in [0, 0.1) is 16.0 Å². The van der Waals surface area contributed by atoms with Gasteiger partial charge in [0.15, 0.2) is 0 Å². The summed E-state index contributed by atoms with van der Waals surface area (Å²) in [4.78, 5) is 15.3. The lowest BCUT2D eigenvalue weighted by Crippen LogP contribution is -2.27. The fraction of sp³-hybridized carbons (Fsp3) is 0.235. The molecule has 0 amide bonds. The van der Waals surface area contributed by atoms with Gasteiger partial charge in [0.2, 0.25) is 11.5 Å². The topological polar surface area (TPSA) is 81.7 Å². The van der Waals surface area contributed by atoms with Gasteiger partial charge in [0.25, 0.3) is 0 Å². The van der Waals surface area contributed by atoms with Gasteiger partial charge in [0.1, 0.15) is 5.75 Å². The molecular formula is C17H16N4O3. The summed E-state index contributed by atoms with van der Waals surface area (Å²) in [5.74, 6) is 1.42. The van der Waals surface area contributed by atoms with Crippen LogP contribution in [0.3, 0.4) is 0 Å². The molecule has 1 atom stereocenters. The van der Waals surface area contributed by atoms with Crippen molar-refractivity contribution in [2.45, 2.75) is 6.42 Å². The summed E-state index contributed by atoms with van der Waals surface area (Å²) >= 11 is 0. The van der Waals surface area contributed by atoms with Gasteiger partial charge in [-0.1, -0.05) is 24.3 Å². The van der Waals surface area contributed by atoms with Crippen LogP contribution >= 0.6 is 0 Å². The predicted molar refractivity (Wildman–Crippen MR) is 89.5 cm³/mol. The number of nitrogens with zero attached hydrogens (tertiary/aromatic N) is 3. The maximum atomic E-state index is 11.4. The molecule has 1 aliphatic heterocycles. The van der Waals surface area contributed by atoms with Crippen molar-refractivity contribution in [1.82, 2.24) is 9.38 Å². The Morgan fingerprint density at radius 3 is 3.00 bits per heavy atom. The van der Waals surface area contributed by atoms with E-state index in [1.807, 2.05) is 24.3 Å². The van der Waals surface area contributed by atoms with Gasteiger partial charge in [-0.05, 0) is 29.0 Å².